The lowest BCUT2D eigenvalue weighted by Crippen LogP contribution is -2.17. The molecule has 0 unspecified atom stereocenters. The third kappa shape index (κ3) is 3.01. The predicted molar refractivity (Wildman–Crippen MR) is 72.0 cm³/mol. The first-order valence-electron chi connectivity index (χ1n) is 6.85. The molecule has 0 radical (unpaired) electrons. The molecule has 0 N–H and O–H groups in total. The van der Waals surface area contributed by atoms with Crippen LogP contribution >= 0.6 is 0 Å². The van der Waals surface area contributed by atoms with Gasteiger partial charge in [0.15, 0.2) is 11.5 Å². The highest BCUT2D eigenvalue weighted by Gasteiger charge is 2.32. The molecule has 23 heavy (non-hydrogen) atoms. The highest BCUT2D eigenvalue weighted by Crippen LogP contribution is 2.37. The van der Waals surface area contributed by atoms with Crippen molar-refractivity contribution in [3.05, 3.63) is 35.0 Å². The summed E-state index contributed by atoms with van der Waals surface area (Å²) >= 11 is 0. The lowest BCUT2D eigenvalue weighted by molar-refractivity contribution is -0.274. The molecule has 0 aliphatic heterocycles. The second-order valence-electron chi connectivity index (χ2n) is 5.05. The first kappa shape index (κ1) is 15.4. The number of benzene rings is 1. The minimum atomic E-state index is -4.74. The minimum Gasteiger partial charge on any atom is -0.464 e. The molecule has 0 saturated carbocycles. The number of halogens is 3. The van der Waals surface area contributed by atoms with Crippen molar-refractivity contribution in [2.75, 3.05) is 7.11 Å². The van der Waals surface area contributed by atoms with Crippen LogP contribution in [0.2, 0.25) is 0 Å². The lowest BCUT2D eigenvalue weighted by Gasteiger charge is -2.11. The van der Waals surface area contributed by atoms with Gasteiger partial charge < -0.3 is 14.0 Å². The quantitative estimate of drug-likeness (QED) is 0.790. The van der Waals surface area contributed by atoms with Crippen LogP contribution in [0.4, 0.5) is 13.2 Å². The van der Waals surface area contributed by atoms with E-state index in [0.717, 1.165) is 0 Å². The number of fused-ring (bicyclic) bond motifs is 3. The number of methoxy groups -OCH3 is 1. The number of ether oxygens (including phenoxy) is 2. The van der Waals surface area contributed by atoms with Gasteiger partial charge in [-0.15, -0.1) is 13.2 Å². The van der Waals surface area contributed by atoms with E-state index >= 15 is 0 Å². The summed E-state index contributed by atoms with van der Waals surface area (Å²) in [6.45, 7) is 0. The minimum absolute atomic E-state index is 0.103. The van der Waals surface area contributed by atoms with Crippen molar-refractivity contribution in [2.24, 2.45) is 0 Å². The Balaban J connectivity index is 2.03. The zero-order valence-corrected chi connectivity index (χ0v) is 12.1. The molecule has 0 spiro atoms. The summed E-state index contributed by atoms with van der Waals surface area (Å²) in [7, 11) is 1.24. The molecule has 5 nitrogen and oxygen atoms in total. The Morgan fingerprint density at radius 3 is 2.78 bits per heavy atom. The maximum Gasteiger partial charge on any atom is 0.573 e. The van der Waals surface area contributed by atoms with Gasteiger partial charge in [0.2, 0.25) is 0 Å². The number of nitrogens with zero attached hydrogens (tertiary/aromatic N) is 1. The molecule has 0 amide bonds. The van der Waals surface area contributed by atoms with Crippen molar-refractivity contribution < 1.29 is 32.0 Å². The SMILES string of the molecule is COC(=O)c1noc2c1CCCc1cc(OC(F)(F)F)ccc1-2. The van der Waals surface area contributed by atoms with E-state index < -0.39 is 12.3 Å². The number of esters is 1. The molecule has 1 aliphatic rings. The smallest absolute Gasteiger partial charge is 0.464 e. The highest BCUT2D eigenvalue weighted by atomic mass is 19.4. The van der Waals surface area contributed by atoms with E-state index in [1.165, 1.54) is 25.3 Å². The van der Waals surface area contributed by atoms with Gasteiger partial charge >= 0.3 is 12.3 Å². The number of rotatable bonds is 2. The first-order chi connectivity index (χ1) is 10.9. The van der Waals surface area contributed by atoms with E-state index in [2.05, 4.69) is 14.6 Å². The van der Waals surface area contributed by atoms with Gasteiger partial charge in [0.1, 0.15) is 5.75 Å². The number of alkyl halides is 3. The van der Waals surface area contributed by atoms with Gasteiger partial charge in [-0.3, -0.25) is 0 Å². The third-order valence-electron chi connectivity index (χ3n) is 3.59. The molecule has 3 rings (SSSR count). The summed E-state index contributed by atoms with van der Waals surface area (Å²) in [5, 5.41) is 3.73. The van der Waals surface area contributed by atoms with Crippen LogP contribution < -0.4 is 4.74 Å². The van der Waals surface area contributed by atoms with Crippen molar-refractivity contribution in [1.82, 2.24) is 5.16 Å². The monoisotopic (exact) mass is 327 g/mol. The Kier molecular flexibility index (Phi) is 3.75. The van der Waals surface area contributed by atoms with Crippen molar-refractivity contribution >= 4 is 5.97 Å². The molecule has 0 saturated heterocycles. The first-order valence-corrected chi connectivity index (χ1v) is 6.85. The molecule has 1 aromatic heterocycles. The average molecular weight is 327 g/mol. The zero-order chi connectivity index (χ0) is 16.6. The van der Waals surface area contributed by atoms with Crippen LogP contribution in [0.25, 0.3) is 11.3 Å². The van der Waals surface area contributed by atoms with E-state index in [0.29, 0.717) is 41.7 Å². The second kappa shape index (κ2) is 5.60. The average Bonchev–Trinajstić information content (AvgIpc) is 2.81. The van der Waals surface area contributed by atoms with Gasteiger partial charge in [-0.2, -0.15) is 0 Å². The maximum atomic E-state index is 12.3. The second-order valence-corrected chi connectivity index (χ2v) is 5.05. The van der Waals surface area contributed by atoms with Gasteiger partial charge in [-0.25, -0.2) is 4.79 Å². The summed E-state index contributed by atoms with van der Waals surface area (Å²) < 4.78 is 50.8. The van der Waals surface area contributed by atoms with E-state index in [4.69, 9.17) is 4.52 Å². The van der Waals surface area contributed by atoms with Crippen molar-refractivity contribution in [1.29, 1.82) is 0 Å². The molecule has 0 bridgehead atoms. The Bertz CT molecular complexity index is 752. The molecule has 8 heteroatoms. The number of aryl methyl sites for hydroxylation is 1. The molecule has 0 atom stereocenters. The number of hydrogen-bond acceptors (Lipinski definition) is 5. The Morgan fingerprint density at radius 1 is 1.30 bits per heavy atom. The Morgan fingerprint density at radius 2 is 2.09 bits per heavy atom. The fourth-order valence-corrected chi connectivity index (χ4v) is 2.66. The van der Waals surface area contributed by atoms with Crippen LogP contribution in [0.1, 0.15) is 28.0 Å². The molecular weight excluding hydrogens is 315 g/mol. The van der Waals surface area contributed by atoms with Gasteiger partial charge in [0, 0.05) is 11.1 Å². The van der Waals surface area contributed by atoms with Crippen LogP contribution in [-0.2, 0) is 17.6 Å². The molecule has 122 valence electrons. The Labute approximate surface area is 129 Å². The normalized spacial score (nSPS) is 13.7. The van der Waals surface area contributed by atoms with Crippen molar-refractivity contribution in [3.8, 4) is 17.1 Å². The zero-order valence-electron chi connectivity index (χ0n) is 12.1. The van der Waals surface area contributed by atoms with E-state index in [9.17, 15) is 18.0 Å². The topological polar surface area (TPSA) is 61.6 Å². The number of carbonyl (C=O) groups excluding carboxylic acids is 1. The van der Waals surface area contributed by atoms with Gasteiger partial charge in [0.25, 0.3) is 0 Å². The summed E-state index contributed by atoms with van der Waals surface area (Å²) in [4.78, 5) is 11.7. The van der Waals surface area contributed by atoms with Crippen LogP contribution in [0, 0.1) is 0 Å². The third-order valence-corrected chi connectivity index (χ3v) is 3.59. The highest BCUT2D eigenvalue weighted by molar-refractivity contribution is 5.91. The van der Waals surface area contributed by atoms with Crippen LogP contribution in [0.15, 0.2) is 22.7 Å². The number of hydrogen-bond donors (Lipinski definition) is 0. The Hall–Kier alpha value is -2.51. The van der Waals surface area contributed by atoms with Crippen molar-refractivity contribution in [3.63, 3.8) is 0 Å². The largest absolute Gasteiger partial charge is 0.573 e. The molecule has 1 aromatic carbocycles. The van der Waals surface area contributed by atoms with Crippen LogP contribution in [0.5, 0.6) is 5.75 Å². The van der Waals surface area contributed by atoms with Crippen LogP contribution in [0.3, 0.4) is 0 Å². The summed E-state index contributed by atoms with van der Waals surface area (Å²) in [5.41, 5.74) is 1.97. The maximum absolute atomic E-state index is 12.3. The van der Waals surface area contributed by atoms with Gasteiger partial charge in [-0.05, 0) is 43.0 Å². The van der Waals surface area contributed by atoms with E-state index in [-0.39, 0.29) is 11.4 Å². The van der Waals surface area contributed by atoms with Gasteiger partial charge in [0.05, 0.1) is 7.11 Å². The number of aromatic nitrogens is 1. The van der Waals surface area contributed by atoms with Gasteiger partial charge in [-0.1, -0.05) is 5.16 Å². The fraction of sp³-hybridized carbons (Fsp3) is 0.333. The van der Waals surface area contributed by atoms with Crippen molar-refractivity contribution in [2.45, 2.75) is 25.6 Å². The molecule has 1 heterocycles. The predicted octanol–water partition coefficient (Wildman–Crippen LogP) is 3.52. The molecular formula is C15H12F3NO4. The van der Waals surface area contributed by atoms with E-state index in [1.807, 2.05) is 0 Å². The fourth-order valence-electron chi connectivity index (χ4n) is 2.66. The molecule has 0 fully saturated rings. The molecule has 1 aliphatic carbocycles. The summed E-state index contributed by atoms with van der Waals surface area (Å²) in [6.07, 6.45) is -3.04. The lowest BCUT2D eigenvalue weighted by atomic mass is 10.0. The van der Waals surface area contributed by atoms with Crippen LogP contribution in [-0.4, -0.2) is 24.6 Å². The number of carbonyl (C=O) groups is 1. The van der Waals surface area contributed by atoms with E-state index in [1.54, 1.807) is 0 Å². The summed E-state index contributed by atoms with van der Waals surface area (Å²) in [5.74, 6) is -0.501. The summed E-state index contributed by atoms with van der Waals surface area (Å²) in [6, 6.07) is 4.02. The molecule has 2 aromatic rings. The standard InChI is InChI=1S/C15H12F3NO4/c1-21-14(20)12-11-4-2-3-8-7-9(22-15(16,17)18)5-6-10(8)13(11)23-19-12/h5-7H,2-4H2,1H3.